The lowest BCUT2D eigenvalue weighted by Crippen LogP contribution is -1.87. The number of para-hydroxylation sites is 1. The summed E-state index contributed by atoms with van der Waals surface area (Å²) < 4.78 is 8.83. The molecule has 0 radical (unpaired) electrons. The molecule has 0 aliphatic rings. The van der Waals surface area contributed by atoms with Crippen LogP contribution in [0.5, 0.6) is 5.75 Å². The minimum absolute atomic E-state index is 0.883. The summed E-state index contributed by atoms with van der Waals surface area (Å²) in [6.07, 6.45) is 2.11. The van der Waals surface area contributed by atoms with Gasteiger partial charge in [0.2, 0.25) is 0 Å². The number of aryl methyl sites for hydroxylation is 2. The van der Waals surface area contributed by atoms with Gasteiger partial charge in [0.15, 0.2) is 4.96 Å². The van der Waals surface area contributed by atoms with Crippen molar-refractivity contribution in [1.82, 2.24) is 9.38 Å². The van der Waals surface area contributed by atoms with Crippen molar-refractivity contribution in [1.29, 1.82) is 0 Å². The summed E-state index contributed by atoms with van der Waals surface area (Å²) in [5.41, 5.74) is 5.79. The Morgan fingerprint density at radius 3 is 2.82 bits per heavy atom. The number of rotatable bonds is 2. The van der Waals surface area contributed by atoms with Gasteiger partial charge in [0.05, 0.1) is 17.5 Å². The summed E-state index contributed by atoms with van der Waals surface area (Å²) in [4.78, 5) is 5.82. The Hall–Kier alpha value is -2.33. The summed E-state index contributed by atoms with van der Waals surface area (Å²) in [7, 11) is 1.71. The zero-order chi connectivity index (χ0) is 15.3. The van der Waals surface area contributed by atoms with Crippen molar-refractivity contribution in [3.8, 4) is 17.0 Å². The summed E-state index contributed by atoms with van der Waals surface area (Å²) in [5.74, 6) is 0.883. The summed E-state index contributed by atoms with van der Waals surface area (Å²) in [5, 5.41) is 0. The van der Waals surface area contributed by atoms with E-state index in [1.165, 1.54) is 21.4 Å². The van der Waals surface area contributed by atoms with Crippen molar-refractivity contribution >= 4 is 26.5 Å². The smallest absolute Gasteiger partial charge is 0.195 e. The van der Waals surface area contributed by atoms with Gasteiger partial charge in [-0.2, -0.15) is 0 Å². The molecule has 0 aliphatic carbocycles. The first-order valence-corrected chi connectivity index (χ1v) is 8.01. The number of nitrogens with zero attached hydrogens (tertiary/aromatic N) is 2. The van der Waals surface area contributed by atoms with Crippen molar-refractivity contribution in [2.75, 3.05) is 7.11 Å². The summed E-state index contributed by atoms with van der Waals surface area (Å²) in [6, 6.07) is 12.6. The minimum Gasteiger partial charge on any atom is -0.495 e. The molecule has 0 N–H and O–H groups in total. The molecule has 0 fully saturated rings. The van der Waals surface area contributed by atoms with Crippen molar-refractivity contribution in [3.05, 3.63) is 53.7 Å². The molecule has 2 aromatic carbocycles. The third-order valence-corrected chi connectivity index (χ3v) is 4.99. The Labute approximate surface area is 132 Å². The number of hydrogen-bond donors (Lipinski definition) is 0. The number of methoxy groups -OCH3 is 1. The van der Waals surface area contributed by atoms with Gasteiger partial charge in [-0.25, -0.2) is 4.98 Å². The molecular formula is C18H16N2OS. The van der Waals surface area contributed by atoms with Crippen LogP contribution < -0.4 is 4.74 Å². The van der Waals surface area contributed by atoms with Gasteiger partial charge >= 0.3 is 0 Å². The molecule has 0 saturated heterocycles. The maximum absolute atomic E-state index is 5.51. The molecular weight excluding hydrogens is 292 g/mol. The number of ether oxygens (including phenoxy) is 1. The van der Waals surface area contributed by atoms with Crippen LogP contribution in [0.15, 0.2) is 42.6 Å². The average molecular weight is 308 g/mol. The van der Waals surface area contributed by atoms with Gasteiger partial charge in [0.25, 0.3) is 0 Å². The summed E-state index contributed by atoms with van der Waals surface area (Å²) in [6.45, 7) is 4.24. The van der Waals surface area contributed by atoms with Gasteiger partial charge in [-0.3, -0.25) is 4.40 Å². The van der Waals surface area contributed by atoms with Crippen LogP contribution in [0.2, 0.25) is 0 Å². The van der Waals surface area contributed by atoms with Crippen molar-refractivity contribution in [3.63, 3.8) is 0 Å². The monoisotopic (exact) mass is 308 g/mol. The molecule has 0 amide bonds. The highest BCUT2D eigenvalue weighted by molar-refractivity contribution is 7.23. The predicted octanol–water partition coefficient (Wildman–Crippen LogP) is 4.84. The van der Waals surface area contributed by atoms with Gasteiger partial charge in [0, 0.05) is 11.8 Å². The van der Waals surface area contributed by atoms with Gasteiger partial charge in [-0.1, -0.05) is 35.1 Å². The van der Waals surface area contributed by atoms with Crippen molar-refractivity contribution in [2.45, 2.75) is 13.8 Å². The number of imidazole rings is 1. The van der Waals surface area contributed by atoms with Crippen molar-refractivity contribution < 1.29 is 4.74 Å². The van der Waals surface area contributed by atoms with E-state index in [0.29, 0.717) is 0 Å². The zero-order valence-corrected chi connectivity index (χ0v) is 13.6. The van der Waals surface area contributed by atoms with E-state index in [9.17, 15) is 0 Å². The number of benzene rings is 2. The lowest BCUT2D eigenvalue weighted by atomic mass is 10.0. The molecule has 2 aromatic heterocycles. The number of hydrogen-bond acceptors (Lipinski definition) is 3. The molecule has 0 bridgehead atoms. The molecule has 0 atom stereocenters. The minimum atomic E-state index is 0.883. The second kappa shape index (κ2) is 4.85. The number of aromatic nitrogens is 2. The molecule has 0 spiro atoms. The van der Waals surface area contributed by atoms with Crippen LogP contribution in [-0.4, -0.2) is 16.5 Å². The molecule has 4 rings (SSSR count). The fourth-order valence-corrected chi connectivity index (χ4v) is 3.85. The first-order chi connectivity index (χ1) is 10.7. The average Bonchev–Trinajstić information content (AvgIpc) is 3.06. The Kier molecular flexibility index (Phi) is 2.94. The molecule has 0 saturated carbocycles. The first kappa shape index (κ1) is 13.3. The quantitative estimate of drug-likeness (QED) is 0.529. The van der Waals surface area contributed by atoms with E-state index in [4.69, 9.17) is 9.72 Å². The maximum Gasteiger partial charge on any atom is 0.195 e. The van der Waals surface area contributed by atoms with E-state index in [-0.39, 0.29) is 0 Å². The van der Waals surface area contributed by atoms with Crippen LogP contribution >= 0.6 is 11.3 Å². The van der Waals surface area contributed by atoms with Gasteiger partial charge in [0.1, 0.15) is 11.3 Å². The Balaban J connectivity index is 2.00. The number of fused-ring (bicyclic) bond motifs is 3. The fraction of sp³-hybridized carbons (Fsp3) is 0.167. The van der Waals surface area contributed by atoms with Gasteiger partial charge in [-0.05, 0) is 37.6 Å². The third kappa shape index (κ3) is 1.91. The topological polar surface area (TPSA) is 26.5 Å². The Morgan fingerprint density at radius 1 is 1.14 bits per heavy atom. The molecule has 4 heteroatoms. The lowest BCUT2D eigenvalue weighted by molar-refractivity contribution is 0.418. The second-order valence-corrected chi connectivity index (χ2v) is 6.52. The fourth-order valence-electron chi connectivity index (χ4n) is 2.82. The highest BCUT2D eigenvalue weighted by atomic mass is 32.1. The van der Waals surface area contributed by atoms with Crippen LogP contribution in [0.3, 0.4) is 0 Å². The van der Waals surface area contributed by atoms with E-state index in [2.05, 4.69) is 48.7 Å². The highest BCUT2D eigenvalue weighted by Gasteiger charge is 2.14. The van der Waals surface area contributed by atoms with Gasteiger partial charge < -0.3 is 4.74 Å². The van der Waals surface area contributed by atoms with E-state index in [1.54, 1.807) is 18.4 Å². The molecule has 3 nitrogen and oxygen atoms in total. The Morgan fingerprint density at radius 2 is 2.00 bits per heavy atom. The standard InChI is InChI=1S/C18H16N2OS/c1-11-7-8-12(2)13(9-11)14-10-20-17-15(21-3)5-4-6-16(17)22-18(20)19-14/h4-10H,1-3H3. The molecule has 0 unspecified atom stereocenters. The van der Waals surface area contributed by atoms with Crippen molar-refractivity contribution in [2.24, 2.45) is 0 Å². The molecule has 22 heavy (non-hydrogen) atoms. The number of thiazole rings is 1. The van der Waals surface area contributed by atoms with Crippen LogP contribution in [0, 0.1) is 13.8 Å². The SMILES string of the molecule is COc1cccc2sc3nc(-c4cc(C)ccc4C)cn3c12. The lowest BCUT2D eigenvalue weighted by Gasteiger charge is -2.04. The van der Waals surface area contributed by atoms with Crippen LogP contribution in [0.4, 0.5) is 0 Å². The maximum atomic E-state index is 5.51. The molecule has 0 aliphatic heterocycles. The van der Waals surface area contributed by atoms with Crippen LogP contribution in [-0.2, 0) is 0 Å². The highest BCUT2D eigenvalue weighted by Crippen LogP contribution is 2.35. The third-order valence-electron chi connectivity index (χ3n) is 3.97. The van der Waals surface area contributed by atoms with E-state index < -0.39 is 0 Å². The van der Waals surface area contributed by atoms with E-state index >= 15 is 0 Å². The van der Waals surface area contributed by atoms with E-state index in [1.807, 2.05) is 12.1 Å². The normalized spacial score (nSPS) is 11.4. The van der Waals surface area contributed by atoms with E-state index in [0.717, 1.165) is 21.9 Å². The van der Waals surface area contributed by atoms with Crippen LogP contribution in [0.1, 0.15) is 11.1 Å². The summed E-state index contributed by atoms with van der Waals surface area (Å²) >= 11 is 1.69. The predicted molar refractivity (Wildman–Crippen MR) is 92.0 cm³/mol. The molecule has 4 aromatic rings. The first-order valence-electron chi connectivity index (χ1n) is 7.19. The second-order valence-electron chi connectivity index (χ2n) is 5.51. The zero-order valence-electron chi connectivity index (χ0n) is 12.8. The molecule has 2 heterocycles. The van der Waals surface area contributed by atoms with Gasteiger partial charge in [-0.15, -0.1) is 0 Å². The van der Waals surface area contributed by atoms with Crippen LogP contribution in [0.25, 0.3) is 26.4 Å². The largest absolute Gasteiger partial charge is 0.495 e. The Bertz CT molecular complexity index is 997. The molecule has 110 valence electrons.